The van der Waals surface area contributed by atoms with Crippen molar-refractivity contribution < 1.29 is 0 Å². The highest BCUT2D eigenvalue weighted by molar-refractivity contribution is 6.30. The molecule has 2 nitrogen and oxygen atoms in total. The molecule has 0 spiro atoms. The highest BCUT2D eigenvalue weighted by Crippen LogP contribution is 2.47. The normalized spacial score (nSPS) is 24.3. The van der Waals surface area contributed by atoms with Crippen molar-refractivity contribution in [2.45, 2.75) is 18.4 Å². The molecule has 1 N–H and O–H groups in total. The summed E-state index contributed by atoms with van der Waals surface area (Å²) < 4.78 is 0. The molecule has 0 amide bonds. The summed E-state index contributed by atoms with van der Waals surface area (Å²) in [6, 6.07) is 17.6. The van der Waals surface area contributed by atoms with Crippen LogP contribution in [0.3, 0.4) is 0 Å². The summed E-state index contributed by atoms with van der Waals surface area (Å²) in [5.41, 5.74) is 5.33. The van der Waals surface area contributed by atoms with Crippen LogP contribution in [0.5, 0.6) is 0 Å². The number of nitrogens with zero attached hydrogens (tertiary/aromatic N) is 1. The lowest BCUT2D eigenvalue weighted by Gasteiger charge is -2.34. The maximum Gasteiger partial charge on any atom is 0.0409 e. The van der Waals surface area contributed by atoms with Gasteiger partial charge in [-0.2, -0.15) is 0 Å². The Hall–Kier alpha value is -1.77. The van der Waals surface area contributed by atoms with E-state index in [1.54, 1.807) is 0 Å². The van der Waals surface area contributed by atoms with Crippen LogP contribution in [0.25, 0.3) is 0 Å². The molecule has 1 saturated heterocycles. The third-order valence-corrected chi connectivity index (χ3v) is 5.29. The molecule has 2 atom stereocenters. The first-order chi connectivity index (χ1) is 11.2. The van der Waals surface area contributed by atoms with E-state index in [1.807, 2.05) is 6.07 Å². The third kappa shape index (κ3) is 2.77. The maximum atomic E-state index is 6.30. The molecule has 1 aliphatic carbocycles. The quantitative estimate of drug-likeness (QED) is 0.884. The topological polar surface area (TPSA) is 15.3 Å². The predicted molar refractivity (Wildman–Crippen MR) is 95.8 cm³/mol. The molecule has 2 aromatic rings. The number of nitrogens with one attached hydrogen (secondary N) is 1. The number of piperazine rings is 1. The second kappa shape index (κ2) is 6.03. The lowest BCUT2D eigenvalue weighted by molar-refractivity contribution is 0.190. The fourth-order valence-electron chi connectivity index (χ4n) is 4.00. The van der Waals surface area contributed by atoms with Crippen LogP contribution in [0, 0.1) is 0 Å². The van der Waals surface area contributed by atoms with Crippen LogP contribution in [-0.2, 0) is 0 Å². The molecule has 1 aliphatic heterocycles. The van der Waals surface area contributed by atoms with E-state index in [4.69, 9.17) is 11.6 Å². The van der Waals surface area contributed by atoms with Gasteiger partial charge in [0.05, 0.1) is 0 Å². The van der Waals surface area contributed by atoms with Crippen LogP contribution in [0.2, 0.25) is 5.02 Å². The van der Waals surface area contributed by atoms with E-state index in [0.717, 1.165) is 36.8 Å². The third-order valence-electron chi connectivity index (χ3n) is 5.05. The van der Waals surface area contributed by atoms with Gasteiger partial charge in [0, 0.05) is 42.3 Å². The Morgan fingerprint density at radius 1 is 1.09 bits per heavy atom. The van der Waals surface area contributed by atoms with E-state index in [2.05, 4.69) is 59.3 Å². The molecular weight excluding hydrogens is 304 g/mol. The first kappa shape index (κ1) is 14.8. The monoisotopic (exact) mass is 324 g/mol. The minimum absolute atomic E-state index is 0.424. The molecule has 0 aromatic heterocycles. The minimum atomic E-state index is 0.424. The highest BCUT2D eigenvalue weighted by atomic mass is 35.5. The summed E-state index contributed by atoms with van der Waals surface area (Å²) in [7, 11) is 0. The van der Waals surface area contributed by atoms with Crippen LogP contribution in [-0.4, -0.2) is 24.5 Å². The van der Waals surface area contributed by atoms with E-state index < -0.39 is 0 Å². The first-order valence-electron chi connectivity index (χ1n) is 8.22. The van der Waals surface area contributed by atoms with Crippen LogP contribution < -0.4 is 5.32 Å². The van der Waals surface area contributed by atoms with Crippen LogP contribution >= 0.6 is 11.6 Å². The second-order valence-electron chi connectivity index (χ2n) is 6.49. The van der Waals surface area contributed by atoms with Gasteiger partial charge >= 0.3 is 0 Å². The zero-order chi connectivity index (χ0) is 15.8. The Bertz CT molecular complexity index is 726. The van der Waals surface area contributed by atoms with E-state index in [0.29, 0.717) is 12.0 Å². The molecule has 3 heteroatoms. The summed E-state index contributed by atoms with van der Waals surface area (Å²) in [5, 5.41) is 4.18. The van der Waals surface area contributed by atoms with Crippen molar-refractivity contribution in [3.8, 4) is 0 Å². The van der Waals surface area contributed by atoms with Crippen molar-refractivity contribution in [1.82, 2.24) is 10.2 Å². The maximum absolute atomic E-state index is 6.30. The summed E-state index contributed by atoms with van der Waals surface area (Å²) in [6.45, 7) is 7.05. The van der Waals surface area contributed by atoms with Gasteiger partial charge in [-0.15, -0.1) is 0 Å². The van der Waals surface area contributed by atoms with Gasteiger partial charge in [0.1, 0.15) is 0 Å². The van der Waals surface area contributed by atoms with Gasteiger partial charge in [0.25, 0.3) is 0 Å². The van der Waals surface area contributed by atoms with Gasteiger partial charge in [0.2, 0.25) is 0 Å². The van der Waals surface area contributed by atoms with Crippen molar-refractivity contribution in [1.29, 1.82) is 0 Å². The average Bonchev–Trinajstić information content (AvgIpc) is 2.94. The number of hydrogen-bond donors (Lipinski definition) is 1. The van der Waals surface area contributed by atoms with Gasteiger partial charge in [-0.05, 0) is 35.2 Å². The van der Waals surface area contributed by atoms with Gasteiger partial charge in [0.15, 0.2) is 0 Å². The lowest BCUT2D eigenvalue weighted by atomic mass is 9.93. The van der Waals surface area contributed by atoms with Crippen molar-refractivity contribution in [3.63, 3.8) is 0 Å². The van der Waals surface area contributed by atoms with E-state index in [-0.39, 0.29) is 0 Å². The number of fused-ring (bicyclic) bond motifs is 1. The fraction of sp³-hybridized carbons (Fsp3) is 0.300. The van der Waals surface area contributed by atoms with Crippen LogP contribution in [0.1, 0.15) is 35.1 Å². The molecular formula is C20H21ClN2. The number of hydrogen-bond acceptors (Lipinski definition) is 2. The Balaban J connectivity index is 1.72. The zero-order valence-corrected chi connectivity index (χ0v) is 13.9. The van der Waals surface area contributed by atoms with Crippen molar-refractivity contribution in [2.75, 3.05) is 19.6 Å². The van der Waals surface area contributed by atoms with Gasteiger partial charge in [-0.25, -0.2) is 0 Å². The SMILES string of the molecule is C=C1CN([C@@H]2C[C@@H](c3ccccc3)c3ccc(Cl)cc32)CCN1. The Morgan fingerprint density at radius 3 is 2.70 bits per heavy atom. The Labute approximate surface area is 142 Å². The molecule has 0 unspecified atom stereocenters. The van der Waals surface area contributed by atoms with Gasteiger partial charge in [-0.1, -0.05) is 54.6 Å². The van der Waals surface area contributed by atoms with Gasteiger partial charge < -0.3 is 5.32 Å². The molecule has 4 rings (SSSR count). The predicted octanol–water partition coefficient (Wildman–Crippen LogP) is 4.34. The number of benzene rings is 2. The lowest BCUT2D eigenvalue weighted by Crippen LogP contribution is -2.43. The second-order valence-corrected chi connectivity index (χ2v) is 6.93. The highest BCUT2D eigenvalue weighted by Gasteiger charge is 2.36. The van der Waals surface area contributed by atoms with Crippen molar-refractivity contribution in [2.24, 2.45) is 0 Å². The molecule has 0 radical (unpaired) electrons. The molecule has 1 heterocycles. The smallest absolute Gasteiger partial charge is 0.0409 e. The largest absolute Gasteiger partial charge is 0.386 e. The molecule has 118 valence electrons. The molecule has 1 fully saturated rings. The van der Waals surface area contributed by atoms with Crippen LogP contribution in [0.15, 0.2) is 60.8 Å². The van der Waals surface area contributed by atoms with Crippen molar-refractivity contribution >= 4 is 11.6 Å². The molecule has 0 saturated carbocycles. The Morgan fingerprint density at radius 2 is 1.91 bits per heavy atom. The summed E-state index contributed by atoms with van der Waals surface area (Å²) in [4.78, 5) is 2.54. The van der Waals surface area contributed by atoms with E-state index >= 15 is 0 Å². The Kier molecular flexibility index (Phi) is 3.88. The average molecular weight is 325 g/mol. The van der Waals surface area contributed by atoms with E-state index in [1.165, 1.54) is 16.7 Å². The summed E-state index contributed by atoms with van der Waals surface area (Å²) >= 11 is 6.30. The molecule has 23 heavy (non-hydrogen) atoms. The fourth-order valence-corrected chi connectivity index (χ4v) is 4.18. The summed E-state index contributed by atoms with van der Waals surface area (Å²) in [5.74, 6) is 0.455. The molecule has 2 aromatic carbocycles. The summed E-state index contributed by atoms with van der Waals surface area (Å²) in [6.07, 6.45) is 1.12. The van der Waals surface area contributed by atoms with E-state index in [9.17, 15) is 0 Å². The first-order valence-corrected chi connectivity index (χ1v) is 8.60. The standard InChI is InChI=1S/C20H21ClN2/c1-14-13-23(10-9-22-14)20-12-18(15-5-3-2-4-6-15)17-8-7-16(21)11-19(17)20/h2-8,11,18,20,22H,1,9-10,12-13H2/t18-,20+/m0/s1. The van der Waals surface area contributed by atoms with Crippen molar-refractivity contribution in [3.05, 3.63) is 82.5 Å². The number of rotatable bonds is 2. The van der Waals surface area contributed by atoms with Gasteiger partial charge in [-0.3, -0.25) is 4.90 Å². The molecule has 0 bridgehead atoms. The van der Waals surface area contributed by atoms with Crippen LogP contribution in [0.4, 0.5) is 0 Å². The molecule has 2 aliphatic rings. The number of halogens is 1. The minimum Gasteiger partial charge on any atom is -0.386 e. The zero-order valence-electron chi connectivity index (χ0n) is 13.1.